The highest BCUT2D eigenvalue weighted by molar-refractivity contribution is 7.63. The molecule has 0 spiro atoms. The van der Waals surface area contributed by atoms with Crippen LogP contribution in [0.4, 0.5) is 0 Å². The summed E-state index contributed by atoms with van der Waals surface area (Å²) in [6.45, 7) is 5.80. The van der Waals surface area contributed by atoms with E-state index in [0.29, 0.717) is 16.4 Å². The van der Waals surface area contributed by atoms with Crippen molar-refractivity contribution in [3.63, 3.8) is 0 Å². The number of carbonyl (C=O) groups excluding carboxylic acids is 1. The molecule has 0 aliphatic rings. The normalized spacial score (nSPS) is 12.8. The third-order valence-electron chi connectivity index (χ3n) is 4.13. The zero-order valence-corrected chi connectivity index (χ0v) is 16.7. The topological polar surface area (TPSA) is 71.1 Å². The van der Waals surface area contributed by atoms with E-state index < -0.39 is 13.5 Å². The molecule has 2 rings (SSSR count). The summed E-state index contributed by atoms with van der Waals surface area (Å²) in [4.78, 5) is 11.8. The quantitative estimate of drug-likeness (QED) is 0.509. The van der Waals surface area contributed by atoms with E-state index in [1.807, 2.05) is 24.3 Å². The molecule has 0 aliphatic heterocycles. The first-order valence-corrected chi connectivity index (χ1v) is 10.0. The van der Waals surface area contributed by atoms with Crippen molar-refractivity contribution in [1.29, 1.82) is 0 Å². The summed E-state index contributed by atoms with van der Waals surface area (Å²) in [5.74, 6) is -0.274. The lowest BCUT2D eigenvalue weighted by Crippen LogP contribution is -2.15. The Morgan fingerprint density at radius 1 is 1.08 bits per heavy atom. The molecule has 7 heteroatoms. The van der Waals surface area contributed by atoms with Crippen LogP contribution in [-0.4, -0.2) is 33.4 Å². The summed E-state index contributed by atoms with van der Waals surface area (Å²) in [5.41, 5.74) is 0.808. The van der Waals surface area contributed by atoms with Gasteiger partial charge in [0.1, 0.15) is 11.1 Å². The monoisotopic (exact) mass is 380 g/mol. The van der Waals surface area contributed by atoms with Gasteiger partial charge in [-0.25, -0.2) is 0 Å². The van der Waals surface area contributed by atoms with E-state index in [0.717, 1.165) is 10.9 Å². The molecule has 1 unspecified atom stereocenters. The maximum absolute atomic E-state index is 13.4. The highest BCUT2D eigenvalue weighted by Crippen LogP contribution is 2.51. The maximum atomic E-state index is 13.4. The van der Waals surface area contributed by atoms with E-state index in [1.165, 1.54) is 14.2 Å². The summed E-state index contributed by atoms with van der Waals surface area (Å²) in [6.07, 6.45) is 0. The van der Waals surface area contributed by atoms with E-state index in [-0.39, 0.29) is 19.2 Å². The Balaban J connectivity index is 2.68. The minimum Gasteiger partial charge on any atom is -0.496 e. The molecule has 0 saturated heterocycles. The molecular formula is C19H25O6P. The molecular weight excluding hydrogens is 355 g/mol. The summed E-state index contributed by atoms with van der Waals surface area (Å²) in [6, 6.07) is 9.09. The van der Waals surface area contributed by atoms with Crippen LogP contribution in [0, 0.1) is 0 Å². The fraction of sp³-hybridized carbons (Fsp3) is 0.421. The van der Waals surface area contributed by atoms with Gasteiger partial charge >= 0.3 is 13.6 Å². The highest BCUT2D eigenvalue weighted by Gasteiger charge is 2.33. The molecule has 0 amide bonds. The van der Waals surface area contributed by atoms with Crippen molar-refractivity contribution < 1.29 is 27.9 Å². The molecule has 142 valence electrons. The maximum Gasteiger partial charge on any atom is 0.365 e. The Morgan fingerprint density at radius 3 is 2.27 bits per heavy atom. The second-order valence-corrected chi connectivity index (χ2v) is 7.63. The Hall–Kier alpha value is -1.88. The van der Waals surface area contributed by atoms with Gasteiger partial charge in [-0.1, -0.05) is 24.3 Å². The van der Waals surface area contributed by atoms with E-state index in [1.54, 1.807) is 26.8 Å². The molecule has 26 heavy (non-hydrogen) atoms. The zero-order chi connectivity index (χ0) is 19.3. The van der Waals surface area contributed by atoms with Crippen molar-refractivity contribution in [3.05, 3.63) is 35.9 Å². The van der Waals surface area contributed by atoms with Gasteiger partial charge in [0.2, 0.25) is 0 Å². The first kappa shape index (κ1) is 20.4. The van der Waals surface area contributed by atoms with Crippen molar-refractivity contribution in [1.82, 2.24) is 0 Å². The smallest absolute Gasteiger partial charge is 0.365 e. The van der Waals surface area contributed by atoms with Crippen molar-refractivity contribution >= 4 is 29.6 Å². The average molecular weight is 380 g/mol. The Kier molecular flexibility index (Phi) is 6.81. The number of esters is 1. The van der Waals surface area contributed by atoms with Crippen LogP contribution < -0.4 is 10.0 Å². The average Bonchev–Trinajstić information content (AvgIpc) is 2.65. The third kappa shape index (κ3) is 3.93. The molecule has 0 aromatic heterocycles. The first-order chi connectivity index (χ1) is 12.4. The van der Waals surface area contributed by atoms with E-state index in [4.69, 9.17) is 18.5 Å². The van der Waals surface area contributed by atoms with Crippen molar-refractivity contribution in [2.45, 2.75) is 26.7 Å². The largest absolute Gasteiger partial charge is 0.496 e. The summed E-state index contributed by atoms with van der Waals surface area (Å²) in [5, 5.41) is 1.92. The SMILES string of the molecule is CCOP(=O)(OCC)c1c(OC)ccc2cc(C(C)C(=O)OC)ccc12. The van der Waals surface area contributed by atoms with E-state index >= 15 is 0 Å². The van der Waals surface area contributed by atoms with Crippen LogP contribution in [0.15, 0.2) is 30.3 Å². The lowest BCUT2D eigenvalue weighted by atomic mass is 9.98. The zero-order valence-electron chi connectivity index (χ0n) is 15.8. The second kappa shape index (κ2) is 8.67. The molecule has 0 radical (unpaired) electrons. The minimum atomic E-state index is -3.55. The Morgan fingerprint density at radius 2 is 1.73 bits per heavy atom. The number of carbonyl (C=O) groups is 1. The number of rotatable bonds is 8. The number of hydrogen-bond donors (Lipinski definition) is 0. The van der Waals surface area contributed by atoms with Gasteiger partial charge in [0.25, 0.3) is 0 Å². The van der Waals surface area contributed by atoms with E-state index in [2.05, 4.69) is 0 Å². The molecule has 0 N–H and O–H groups in total. The standard InChI is InChI=1S/C19H25O6P/c1-6-24-26(21,25-7-2)18-16-10-8-14(13(3)19(20)23-5)12-15(16)9-11-17(18)22-4/h8-13H,6-7H2,1-5H3. The van der Waals surface area contributed by atoms with Crippen molar-refractivity contribution in [2.24, 2.45) is 0 Å². The molecule has 0 fully saturated rings. The van der Waals surface area contributed by atoms with Gasteiger partial charge in [0, 0.05) is 5.39 Å². The highest BCUT2D eigenvalue weighted by atomic mass is 31.2. The molecule has 0 saturated carbocycles. The molecule has 2 aromatic carbocycles. The predicted octanol–water partition coefficient (Wildman–Crippen LogP) is 4.02. The van der Waals surface area contributed by atoms with Crippen molar-refractivity contribution in [3.8, 4) is 5.75 Å². The Labute approximate surface area is 153 Å². The number of hydrogen-bond acceptors (Lipinski definition) is 6. The second-order valence-electron chi connectivity index (χ2n) is 5.67. The van der Waals surface area contributed by atoms with Crippen LogP contribution in [0.25, 0.3) is 10.8 Å². The lowest BCUT2D eigenvalue weighted by molar-refractivity contribution is -0.141. The van der Waals surface area contributed by atoms with Gasteiger partial charge in [-0.05, 0) is 37.8 Å². The van der Waals surface area contributed by atoms with Gasteiger partial charge in [-0.15, -0.1) is 0 Å². The van der Waals surface area contributed by atoms with Crippen LogP contribution >= 0.6 is 7.60 Å². The van der Waals surface area contributed by atoms with Crippen molar-refractivity contribution in [2.75, 3.05) is 27.4 Å². The van der Waals surface area contributed by atoms with Gasteiger partial charge in [-0.2, -0.15) is 0 Å². The number of ether oxygens (including phenoxy) is 2. The molecule has 2 aromatic rings. The number of fused-ring (bicyclic) bond motifs is 1. The lowest BCUT2D eigenvalue weighted by Gasteiger charge is -2.21. The minimum absolute atomic E-state index is 0.244. The Bertz CT molecular complexity index is 822. The first-order valence-electron chi connectivity index (χ1n) is 8.50. The summed E-state index contributed by atoms with van der Waals surface area (Å²) in [7, 11) is -0.673. The predicted molar refractivity (Wildman–Crippen MR) is 101 cm³/mol. The van der Waals surface area contributed by atoms with Crippen LogP contribution in [-0.2, 0) is 23.1 Å². The molecule has 0 heterocycles. The van der Waals surface area contributed by atoms with E-state index in [9.17, 15) is 9.36 Å². The van der Waals surface area contributed by atoms with Gasteiger partial charge in [-0.3, -0.25) is 9.36 Å². The summed E-state index contributed by atoms with van der Waals surface area (Å²) < 4.78 is 34.7. The van der Waals surface area contributed by atoms with Gasteiger partial charge in [0.15, 0.2) is 0 Å². The number of benzene rings is 2. The fourth-order valence-corrected chi connectivity index (χ4v) is 4.79. The summed E-state index contributed by atoms with van der Waals surface area (Å²) >= 11 is 0. The molecule has 0 aliphatic carbocycles. The van der Waals surface area contributed by atoms with Gasteiger partial charge < -0.3 is 18.5 Å². The molecule has 6 nitrogen and oxygen atoms in total. The third-order valence-corrected chi connectivity index (χ3v) is 6.33. The fourth-order valence-electron chi connectivity index (χ4n) is 2.85. The number of methoxy groups -OCH3 is 2. The molecule has 1 atom stereocenters. The van der Waals surface area contributed by atoms with Crippen LogP contribution in [0.1, 0.15) is 32.3 Å². The van der Waals surface area contributed by atoms with Gasteiger partial charge in [0.05, 0.1) is 33.4 Å². The van der Waals surface area contributed by atoms with Crippen LogP contribution in [0.2, 0.25) is 0 Å². The van der Waals surface area contributed by atoms with Crippen LogP contribution in [0.3, 0.4) is 0 Å². The molecule has 0 bridgehead atoms. The van der Waals surface area contributed by atoms with Crippen LogP contribution in [0.5, 0.6) is 5.75 Å².